The molecule has 0 radical (unpaired) electrons. The molecule has 0 saturated carbocycles. The highest BCUT2D eigenvalue weighted by atomic mass is 15.2. The van der Waals surface area contributed by atoms with E-state index in [0.29, 0.717) is 12.5 Å². The van der Waals surface area contributed by atoms with Gasteiger partial charge in [0.25, 0.3) is 0 Å². The topological polar surface area (TPSA) is 58.3 Å². The smallest absolute Gasteiger partial charge is 0.131 e. The standard InChI is InChI=1S/C15H29N5/c1-6-7-20(9-8-19(4)5)14-11-17-15(12(2)3)18-13(14)10-16/h11-12H,6-10,16H2,1-5H3. The summed E-state index contributed by atoms with van der Waals surface area (Å²) >= 11 is 0. The van der Waals surface area contributed by atoms with E-state index in [2.05, 4.69) is 54.6 Å². The van der Waals surface area contributed by atoms with Crippen molar-refractivity contribution >= 4 is 5.69 Å². The van der Waals surface area contributed by atoms with Gasteiger partial charge in [-0.25, -0.2) is 9.97 Å². The van der Waals surface area contributed by atoms with Gasteiger partial charge in [0.05, 0.1) is 17.6 Å². The first-order chi connectivity index (χ1) is 9.49. The van der Waals surface area contributed by atoms with Crippen molar-refractivity contribution in [3.8, 4) is 0 Å². The molecule has 5 heteroatoms. The Morgan fingerprint density at radius 2 is 1.90 bits per heavy atom. The van der Waals surface area contributed by atoms with Gasteiger partial charge in [0.1, 0.15) is 5.82 Å². The van der Waals surface area contributed by atoms with E-state index in [-0.39, 0.29) is 0 Å². The number of nitrogens with zero attached hydrogens (tertiary/aromatic N) is 4. The molecular formula is C15H29N5. The van der Waals surface area contributed by atoms with Gasteiger partial charge in [-0.1, -0.05) is 20.8 Å². The lowest BCUT2D eigenvalue weighted by Gasteiger charge is -2.27. The van der Waals surface area contributed by atoms with Gasteiger partial charge in [-0.05, 0) is 20.5 Å². The third kappa shape index (κ3) is 4.72. The van der Waals surface area contributed by atoms with E-state index in [9.17, 15) is 0 Å². The van der Waals surface area contributed by atoms with Crippen LogP contribution in [-0.4, -0.2) is 48.6 Å². The summed E-state index contributed by atoms with van der Waals surface area (Å²) in [6.07, 6.45) is 3.04. The summed E-state index contributed by atoms with van der Waals surface area (Å²) in [6, 6.07) is 0. The Labute approximate surface area is 123 Å². The van der Waals surface area contributed by atoms with Crippen molar-refractivity contribution in [1.82, 2.24) is 14.9 Å². The second-order valence-electron chi connectivity index (χ2n) is 5.71. The van der Waals surface area contributed by atoms with Crippen LogP contribution in [0, 0.1) is 0 Å². The SMILES string of the molecule is CCCN(CCN(C)C)c1cnc(C(C)C)nc1CN. The first-order valence-electron chi connectivity index (χ1n) is 7.45. The molecule has 0 aliphatic heterocycles. The van der Waals surface area contributed by atoms with Crippen molar-refractivity contribution in [2.75, 3.05) is 38.6 Å². The maximum atomic E-state index is 5.88. The largest absolute Gasteiger partial charge is 0.367 e. The molecule has 0 amide bonds. The van der Waals surface area contributed by atoms with Crippen molar-refractivity contribution in [1.29, 1.82) is 0 Å². The molecule has 1 rings (SSSR count). The number of aromatic nitrogens is 2. The van der Waals surface area contributed by atoms with E-state index >= 15 is 0 Å². The predicted molar refractivity (Wildman–Crippen MR) is 85.1 cm³/mol. The number of rotatable bonds is 8. The molecule has 0 saturated heterocycles. The normalized spacial score (nSPS) is 11.4. The van der Waals surface area contributed by atoms with Crippen LogP contribution in [0.5, 0.6) is 0 Å². The molecular weight excluding hydrogens is 250 g/mol. The molecule has 20 heavy (non-hydrogen) atoms. The van der Waals surface area contributed by atoms with Gasteiger partial charge in [0, 0.05) is 32.1 Å². The first-order valence-corrected chi connectivity index (χ1v) is 7.45. The summed E-state index contributed by atoms with van der Waals surface area (Å²) in [4.78, 5) is 13.7. The minimum Gasteiger partial charge on any atom is -0.367 e. The summed E-state index contributed by atoms with van der Waals surface area (Å²) in [7, 11) is 4.18. The third-order valence-corrected chi connectivity index (χ3v) is 3.23. The zero-order valence-electron chi connectivity index (χ0n) is 13.6. The monoisotopic (exact) mass is 279 g/mol. The molecule has 0 unspecified atom stereocenters. The van der Waals surface area contributed by atoms with E-state index in [1.165, 1.54) is 0 Å². The van der Waals surface area contributed by atoms with Crippen LogP contribution in [0.3, 0.4) is 0 Å². The first kappa shape index (κ1) is 16.9. The summed E-state index contributed by atoms with van der Waals surface area (Å²) in [5.74, 6) is 1.20. The minimum atomic E-state index is 0.329. The van der Waals surface area contributed by atoms with E-state index < -0.39 is 0 Å². The zero-order chi connectivity index (χ0) is 15.1. The van der Waals surface area contributed by atoms with Crippen LogP contribution in [0.2, 0.25) is 0 Å². The summed E-state index contributed by atoms with van der Waals surface area (Å²) in [5.41, 5.74) is 7.92. The minimum absolute atomic E-state index is 0.329. The van der Waals surface area contributed by atoms with Gasteiger partial charge >= 0.3 is 0 Å². The Morgan fingerprint density at radius 3 is 2.40 bits per heavy atom. The fraction of sp³-hybridized carbons (Fsp3) is 0.733. The lowest BCUT2D eigenvalue weighted by atomic mass is 10.2. The Hall–Kier alpha value is -1.20. The van der Waals surface area contributed by atoms with Crippen LogP contribution < -0.4 is 10.6 Å². The molecule has 5 nitrogen and oxygen atoms in total. The molecule has 0 aromatic carbocycles. The Morgan fingerprint density at radius 1 is 1.20 bits per heavy atom. The quantitative estimate of drug-likeness (QED) is 0.787. The van der Waals surface area contributed by atoms with Crippen molar-refractivity contribution < 1.29 is 0 Å². The predicted octanol–water partition coefficient (Wildman–Crippen LogP) is 1.84. The van der Waals surface area contributed by atoms with Crippen LogP contribution in [-0.2, 0) is 6.54 Å². The van der Waals surface area contributed by atoms with Crippen LogP contribution in [0.4, 0.5) is 5.69 Å². The Bertz CT molecular complexity index is 403. The van der Waals surface area contributed by atoms with Crippen molar-refractivity contribution in [2.45, 2.75) is 39.7 Å². The third-order valence-electron chi connectivity index (χ3n) is 3.23. The van der Waals surface area contributed by atoms with Crippen molar-refractivity contribution in [2.24, 2.45) is 5.73 Å². The van der Waals surface area contributed by atoms with Gasteiger partial charge in [0.15, 0.2) is 0 Å². The number of hydrogen-bond acceptors (Lipinski definition) is 5. The molecule has 1 aromatic heterocycles. The highest BCUT2D eigenvalue weighted by molar-refractivity contribution is 5.49. The molecule has 0 fully saturated rings. The maximum Gasteiger partial charge on any atom is 0.131 e. The zero-order valence-corrected chi connectivity index (χ0v) is 13.6. The molecule has 2 N–H and O–H groups in total. The fourth-order valence-electron chi connectivity index (χ4n) is 2.06. The molecule has 1 aromatic rings. The van der Waals surface area contributed by atoms with E-state index in [0.717, 1.165) is 43.3 Å². The lowest BCUT2D eigenvalue weighted by molar-refractivity contribution is 0.412. The number of nitrogens with two attached hydrogens (primary N) is 1. The van der Waals surface area contributed by atoms with E-state index in [1.807, 2.05) is 6.20 Å². The molecule has 0 aliphatic carbocycles. The van der Waals surface area contributed by atoms with Gasteiger partial charge < -0.3 is 15.5 Å². The van der Waals surface area contributed by atoms with Crippen molar-refractivity contribution in [3.63, 3.8) is 0 Å². The summed E-state index contributed by atoms with van der Waals surface area (Å²) in [6.45, 7) is 9.84. The van der Waals surface area contributed by atoms with E-state index in [4.69, 9.17) is 5.73 Å². The van der Waals surface area contributed by atoms with Crippen molar-refractivity contribution in [3.05, 3.63) is 17.7 Å². The molecule has 0 bridgehead atoms. The number of likely N-dealkylation sites (N-methyl/N-ethyl adjacent to an activating group) is 1. The molecule has 0 aliphatic rings. The van der Waals surface area contributed by atoms with Gasteiger partial charge in [-0.3, -0.25) is 0 Å². The molecule has 0 atom stereocenters. The Kier molecular flexibility index (Phi) is 6.88. The number of anilines is 1. The highest BCUT2D eigenvalue weighted by Crippen LogP contribution is 2.20. The fourth-order valence-corrected chi connectivity index (χ4v) is 2.06. The summed E-state index contributed by atoms with van der Waals surface area (Å²) in [5, 5.41) is 0. The maximum absolute atomic E-state index is 5.88. The van der Waals surface area contributed by atoms with Gasteiger partial charge in [0.2, 0.25) is 0 Å². The number of hydrogen-bond donors (Lipinski definition) is 1. The van der Waals surface area contributed by atoms with E-state index in [1.54, 1.807) is 0 Å². The molecule has 0 spiro atoms. The average molecular weight is 279 g/mol. The van der Waals surface area contributed by atoms with Crippen LogP contribution in [0.1, 0.15) is 44.6 Å². The van der Waals surface area contributed by atoms with Gasteiger partial charge in [-0.15, -0.1) is 0 Å². The average Bonchev–Trinajstić information content (AvgIpc) is 2.42. The highest BCUT2D eigenvalue weighted by Gasteiger charge is 2.14. The van der Waals surface area contributed by atoms with Crippen LogP contribution in [0.15, 0.2) is 6.20 Å². The van der Waals surface area contributed by atoms with Gasteiger partial charge in [-0.2, -0.15) is 0 Å². The second-order valence-corrected chi connectivity index (χ2v) is 5.71. The van der Waals surface area contributed by atoms with Crippen LogP contribution in [0.25, 0.3) is 0 Å². The van der Waals surface area contributed by atoms with Crippen LogP contribution >= 0.6 is 0 Å². The molecule has 114 valence electrons. The lowest BCUT2D eigenvalue weighted by Crippen LogP contribution is -2.33. The molecule has 1 heterocycles. The second kappa shape index (κ2) is 8.17. The summed E-state index contributed by atoms with van der Waals surface area (Å²) < 4.78 is 0. The Balaban J connectivity index is 2.99.